The normalized spacial score (nSPS) is 11.0. The van der Waals surface area contributed by atoms with E-state index < -0.39 is 9.84 Å². The first-order chi connectivity index (χ1) is 12.2. The third kappa shape index (κ3) is 5.16. The highest BCUT2D eigenvalue weighted by Crippen LogP contribution is 2.20. The van der Waals surface area contributed by atoms with Gasteiger partial charge in [0, 0.05) is 30.5 Å². The number of amides is 2. The quantitative estimate of drug-likeness (QED) is 0.812. The second kappa shape index (κ2) is 8.14. The Kier molecular flexibility index (Phi) is 6.15. The molecule has 0 fully saturated rings. The van der Waals surface area contributed by atoms with E-state index in [-0.39, 0.29) is 29.7 Å². The van der Waals surface area contributed by atoms with Gasteiger partial charge in [-0.15, -0.1) is 0 Å². The van der Waals surface area contributed by atoms with Crippen molar-refractivity contribution in [1.29, 1.82) is 0 Å². The standard InChI is InChI=1S/C19H22N2O4S/c1-13-6-4-5-7-16(13)19(23)20-11-10-18(22)21-17-12-15(26(3,24)25)9-8-14(17)2/h4-9,12H,10-11H2,1-3H3,(H,20,23)(H,21,22). The monoisotopic (exact) mass is 374 g/mol. The van der Waals surface area contributed by atoms with Crippen LogP contribution in [-0.4, -0.2) is 33.0 Å². The molecule has 0 radical (unpaired) electrons. The summed E-state index contributed by atoms with van der Waals surface area (Å²) in [5.41, 5.74) is 2.64. The van der Waals surface area contributed by atoms with Crippen molar-refractivity contribution in [3.8, 4) is 0 Å². The van der Waals surface area contributed by atoms with Crippen LogP contribution < -0.4 is 10.6 Å². The lowest BCUT2D eigenvalue weighted by molar-refractivity contribution is -0.116. The largest absolute Gasteiger partial charge is 0.352 e. The van der Waals surface area contributed by atoms with Gasteiger partial charge >= 0.3 is 0 Å². The van der Waals surface area contributed by atoms with E-state index in [1.807, 2.05) is 19.1 Å². The molecule has 138 valence electrons. The third-order valence-electron chi connectivity index (χ3n) is 3.94. The molecule has 6 nitrogen and oxygen atoms in total. The van der Waals surface area contributed by atoms with Crippen molar-refractivity contribution in [3.05, 3.63) is 59.2 Å². The number of carbonyl (C=O) groups is 2. The predicted octanol–water partition coefficient (Wildman–Crippen LogP) is 2.47. The van der Waals surface area contributed by atoms with Gasteiger partial charge in [0.2, 0.25) is 5.91 Å². The summed E-state index contributed by atoms with van der Waals surface area (Å²) in [4.78, 5) is 24.3. The van der Waals surface area contributed by atoms with E-state index in [4.69, 9.17) is 0 Å². The number of benzene rings is 2. The van der Waals surface area contributed by atoms with Gasteiger partial charge in [-0.1, -0.05) is 24.3 Å². The van der Waals surface area contributed by atoms with E-state index in [0.717, 1.165) is 17.4 Å². The molecule has 2 aromatic rings. The van der Waals surface area contributed by atoms with Crippen LogP contribution in [0.2, 0.25) is 0 Å². The Balaban J connectivity index is 1.93. The first-order valence-electron chi connectivity index (χ1n) is 8.13. The molecule has 2 rings (SSSR count). The number of rotatable bonds is 6. The fourth-order valence-electron chi connectivity index (χ4n) is 2.39. The molecule has 0 saturated carbocycles. The molecule has 0 aliphatic rings. The summed E-state index contributed by atoms with van der Waals surface area (Å²) in [6.07, 6.45) is 1.20. The molecule has 0 atom stereocenters. The smallest absolute Gasteiger partial charge is 0.251 e. The van der Waals surface area contributed by atoms with Crippen molar-refractivity contribution in [2.45, 2.75) is 25.2 Å². The molecular weight excluding hydrogens is 352 g/mol. The van der Waals surface area contributed by atoms with Gasteiger partial charge in [0.1, 0.15) is 0 Å². The fourth-order valence-corrected chi connectivity index (χ4v) is 3.04. The van der Waals surface area contributed by atoms with E-state index >= 15 is 0 Å². The minimum Gasteiger partial charge on any atom is -0.352 e. The predicted molar refractivity (Wildman–Crippen MR) is 101 cm³/mol. The molecule has 7 heteroatoms. The van der Waals surface area contributed by atoms with Crippen LogP contribution in [0.15, 0.2) is 47.4 Å². The first kappa shape index (κ1) is 19.7. The average molecular weight is 374 g/mol. The molecule has 0 aliphatic heterocycles. The Bertz CT molecular complexity index is 936. The molecule has 2 amide bonds. The summed E-state index contributed by atoms with van der Waals surface area (Å²) >= 11 is 0. The third-order valence-corrected chi connectivity index (χ3v) is 5.05. The summed E-state index contributed by atoms with van der Waals surface area (Å²) in [6, 6.07) is 11.8. The van der Waals surface area contributed by atoms with Crippen LogP contribution in [0.3, 0.4) is 0 Å². The Morgan fingerprint density at radius 1 is 1.00 bits per heavy atom. The van der Waals surface area contributed by atoms with Crippen molar-refractivity contribution >= 4 is 27.3 Å². The van der Waals surface area contributed by atoms with Gasteiger partial charge in [0.15, 0.2) is 9.84 Å². The number of nitrogens with one attached hydrogen (secondary N) is 2. The van der Waals surface area contributed by atoms with Crippen molar-refractivity contribution < 1.29 is 18.0 Å². The Morgan fingerprint density at radius 3 is 2.35 bits per heavy atom. The lowest BCUT2D eigenvalue weighted by atomic mass is 10.1. The molecule has 26 heavy (non-hydrogen) atoms. The number of hydrogen-bond donors (Lipinski definition) is 2. The maximum Gasteiger partial charge on any atom is 0.251 e. The highest BCUT2D eigenvalue weighted by molar-refractivity contribution is 7.90. The zero-order valence-corrected chi connectivity index (χ0v) is 15.8. The lowest BCUT2D eigenvalue weighted by Crippen LogP contribution is -2.28. The zero-order valence-electron chi connectivity index (χ0n) is 15.0. The molecule has 0 bridgehead atoms. The summed E-state index contributed by atoms with van der Waals surface area (Å²) in [7, 11) is -3.35. The molecule has 0 unspecified atom stereocenters. The van der Waals surface area contributed by atoms with Crippen LogP contribution in [0.1, 0.15) is 27.9 Å². The molecule has 0 heterocycles. The first-order valence-corrected chi connectivity index (χ1v) is 10.0. The van der Waals surface area contributed by atoms with E-state index in [1.54, 1.807) is 25.1 Å². The highest BCUT2D eigenvalue weighted by atomic mass is 32.2. The van der Waals surface area contributed by atoms with E-state index in [2.05, 4.69) is 10.6 Å². The minimum absolute atomic E-state index is 0.0835. The van der Waals surface area contributed by atoms with Crippen molar-refractivity contribution in [2.24, 2.45) is 0 Å². The van der Waals surface area contributed by atoms with Crippen molar-refractivity contribution in [1.82, 2.24) is 5.32 Å². The van der Waals surface area contributed by atoms with Gasteiger partial charge in [-0.2, -0.15) is 0 Å². The Morgan fingerprint density at radius 2 is 1.69 bits per heavy atom. The van der Waals surface area contributed by atoms with Gasteiger partial charge in [-0.25, -0.2) is 8.42 Å². The molecule has 2 N–H and O–H groups in total. The number of carbonyl (C=O) groups excluding carboxylic acids is 2. The van der Waals surface area contributed by atoms with E-state index in [1.165, 1.54) is 12.1 Å². The number of sulfone groups is 1. The van der Waals surface area contributed by atoms with Gasteiger partial charge in [0.25, 0.3) is 5.91 Å². The molecule has 0 aliphatic carbocycles. The summed E-state index contributed by atoms with van der Waals surface area (Å²) in [5.74, 6) is -0.532. The minimum atomic E-state index is -3.35. The second-order valence-corrected chi connectivity index (χ2v) is 8.13. The Labute approximate surface area is 153 Å². The van der Waals surface area contributed by atoms with E-state index in [0.29, 0.717) is 11.3 Å². The van der Waals surface area contributed by atoms with Gasteiger partial charge in [-0.05, 0) is 43.2 Å². The van der Waals surface area contributed by atoms with Gasteiger partial charge < -0.3 is 10.6 Å². The number of aryl methyl sites for hydroxylation is 2. The van der Waals surface area contributed by atoms with Crippen LogP contribution in [0.25, 0.3) is 0 Å². The number of hydrogen-bond acceptors (Lipinski definition) is 4. The van der Waals surface area contributed by atoms with Crippen LogP contribution in [0.4, 0.5) is 5.69 Å². The van der Waals surface area contributed by atoms with Crippen molar-refractivity contribution in [2.75, 3.05) is 18.1 Å². The molecule has 0 saturated heterocycles. The van der Waals surface area contributed by atoms with Gasteiger partial charge in [0.05, 0.1) is 4.90 Å². The summed E-state index contributed by atoms with van der Waals surface area (Å²) in [5, 5.41) is 5.40. The van der Waals surface area contributed by atoms with Crippen LogP contribution in [-0.2, 0) is 14.6 Å². The maximum absolute atomic E-state index is 12.1. The SMILES string of the molecule is Cc1ccc(S(C)(=O)=O)cc1NC(=O)CCNC(=O)c1ccccc1C. The van der Waals surface area contributed by atoms with Crippen LogP contribution in [0.5, 0.6) is 0 Å². The molecule has 0 aromatic heterocycles. The van der Waals surface area contributed by atoms with E-state index in [9.17, 15) is 18.0 Å². The highest BCUT2D eigenvalue weighted by Gasteiger charge is 2.12. The molecule has 0 spiro atoms. The molecular formula is C19H22N2O4S. The van der Waals surface area contributed by atoms with Gasteiger partial charge in [-0.3, -0.25) is 9.59 Å². The maximum atomic E-state index is 12.1. The zero-order chi connectivity index (χ0) is 19.3. The fraction of sp³-hybridized carbons (Fsp3) is 0.263. The summed E-state index contributed by atoms with van der Waals surface area (Å²) in [6.45, 7) is 3.81. The number of anilines is 1. The molecule has 2 aromatic carbocycles. The topological polar surface area (TPSA) is 92.3 Å². The van der Waals surface area contributed by atoms with Crippen LogP contribution >= 0.6 is 0 Å². The van der Waals surface area contributed by atoms with Crippen LogP contribution in [0, 0.1) is 13.8 Å². The second-order valence-electron chi connectivity index (χ2n) is 6.12. The Hall–Kier alpha value is -2.67. The lowest BCUT2D eigenvalue weighted by Gasteiger charge is -2.11. The summed E-state index contributed by atoms with van der Waals surface area (Å²) < 4.78 is 23.3. The van der Waals surface area contributed by atoms with Crippen molar-refractivity contribution in [3.63, 3.8) is 0 Å². The average Bonchev–Trinajstić information content (AvgIpc) is 2.56.